The van der Waals surface area contributed by atoms with E-state index >= 15 is 0 Å². The molecule has 0 saturated heterocycles. The molecule has 0 fully saturated rings. The Labute approximate surface area is 157 Å². The van der Waals surface area contributed by atoms with Crippen LogP contribution >= 0.6 is 0 Å². The maximum absolute atomic E-state index is 14.0. The summed E-state index contributed by atoms with van der Waals surface area (Å²) < 4.78 is 24.9. The quantitative estimate of drug-likeness (QED) is 0.678. The zero-order chi connectivity index (χ0) is 19.8. The van der Waals surface area contributed by atoms with E-state index < -0.39 is 11.7 Å². The summed E-state index contributed by atoms with van der Waals surface area (Å²) in [4.78, 5) is 23.6. The summed E-state index contributed by atoms with van der Waals surface area (Å²) in [6, 6.07) is 8.70. The number of halogens is 1. The highest BCUT2D eigenvalue weighted by molar-refractivity contribution is 6.05. The molecule has 0 aliphatic rings. The highest BCUT2D eigenvalue weighted by atomic mass is 19.1. The van der Waals surface area contributed by atoms with Gasteiger partial charge in [0.2, 0.25) is 5.91 Å². The number of rotatable bonds is 8. The van der Waals surface area contributed by atoms with Crippen LogP contribution in [0.25, 0.3) is 0 Å². The van der Waals surface area contributed by atoms with E-state index in [1.807, 2.05) is 0 Å². The second-order valence-corrected chi connectivity index (χ2v) is 5.90. The molecule has 0 aliphatic heterocycles. The molecule has 2 N–H and O–H groups in total. The molecule has 2 aromatic carbocycles. The van der Waals surface area contributed by atoms with E-state index in [-0.39, 0.29) is 11.6 Å². The Morgan fingerprint density at radius 2 is 1.85 bits per heavy atom. The van der Waals surface area contributed by atoms with Gasteiger partial charge in [0.15, 0.2) is 11.5 Å². The van der Waals surface area contributed by atoms with E-state index in [0.717, 1.165) is 12.8 Å². The summed E-state index contributed by atoms with van der Waals surface area (Å²) in [6.07, 6.45) is 1.92. The Morgan fingerprint density at radius 3 is 2.52 bits per heavy atom. The highest BCUT2D eigenvalue weighted by Crippen LogP contribution is 2.29. The molecule has 27 heavy (non-hydrogen) atoms. The number of anilines is 2. The zero-order valence-corrected chi connectivity index (χ0v) is 15.6. The van der Waals surface area contributed by atoms with Crippen LogP contribution in [0.5, 0.6) is 11.5 Å². The minimum Gasteiger partial charge on any atom is -0.493 e. The van der Waals surface area contributed by atoms with Crippen molar-refractivity contribution in [1.29, 1.82) is 0 Å². The van der Waals surface area contributed by atoms with Crippen molar-refractivity contribution in [2.24, 2.45) is 0 Å². The van der Waals surface area contributed by atoms with Crippen molar-refractivity contribution in [3.05, 3.63) is 47.8 Å². The number of carbonyl (C=O) groups is 2. The maximum atomic E-state index is 14.0. The molecule has 144 valence electrons. The first-order valence-electron chi connectivity index (χ1n) is 8.64. The number of methoxy groups -OCH3 is 1. The number of amides is 2. The topological polar surface area (TPSA) is 76.7 Å². The van der Waals surface area contributed by atoms with Crippen molar-refractivity contribution in [3.63, 3.8) is 0 Å². The van der Waals surface area contributed by atoms with Gasteiger partial charge in [-0.05, 0) is 42.8 Å². The Balaban J connectivity index is 2.17. The van der Waals surface area contributed by atoms with Gasteiger partial charge in [-0.25, -0.2) is 4.39 Å². The number of carbonyl (C=O) groups excluding carboxylic acids is 2. The van der Waals surface area contributed by atoms with Crippen LogP contribution in [0.1, 0.15) is 37.0 Å². The molecule has 0 saturated carbocycles. The fourth-order valence-corrected chi connectivity index (χ4v) is 2.35. The first kappa shape index (κ1) is 20.2. The van der Waals surface area contributed by atoms with Crippen LogP contribution in [0.15, 0.2) is 36.4 Å². The van der Waals surface area contributed by atoms with Gasteiger partial charge in [0, 0.05) is 18.2 Å². The van der Waals surface area contributed by atoms with Gasteiger partial charge >= 0.3 is 0 Å². The molecule has 2 amide bonds. The number of hydrogen-bond acceptors (Lipinski definition) is 4. The standard InChI is InChI=1S/C20H23FN2O4/c1-4-5-10-27-18-9-6-14(11-19(18)26-3)20(25)23-17-12-15(22-13(2)24)7-8-16(17)21/h6-9,11-12H,4-5,10H2,1-3H3,(H,22,24)(H,23,25). The van der Waals surface area contributed by atoms with Crippen LogP contribution < -0.4 is 20.1 Å². The molecule has 0 aromatic heterocycles. The summed E-state index contributed by atoms with van der Waals surface area (Å²) in [5, 5.41) is 5.04. The van der Waals surface area contributed by atoms with E-state index in [4.69, 9.17) is 9.47 Å². The Hall–Kier alpha value is -3.09. The van der Waals surface area contributed by atoms with Crippen LogP contribution in [0.3, 0.4) is 0 Å². The third kappa shape index (κ3) is 5.70. The fourth-order valence-electron chi connectivity index (χ4n) is 2.35. The lowest BCUT2D eigenvalue weighted by atomic mass is 10.1. The monoisotopic (exact) mass is 374 g/mol. The second-order valence-electron chi connectivity index (χ2n) is 5.90. The van der Waals surface area contributed by atoms with Gasteiger partial charge in [0.05, 0.1) is 19.4 Å². The molecule has 6 nitrogen and oxygen atoms in total. The number of benzene rings is 2. The summed E-state index contributed by atoms with van der Waals surface area (Å²) in [6.45, 7) is 3.96. The molecule has 0 heterocycles. The average Bonchev–Trinajstić information content (AvgIpc) is 2.64. The Bertz CT molecular complexity index is 824. The lowest BCUT2D eigenvalue weighted by Crippen LogP contribution is -2.14. The molecular weight excluding hydrogens is 351 g/mol. The molecule has 2 rings (SSSR count). The molecular formula is C20H23FN2O4. The average molecular weight is 374 g/mol. The normalized spacial score (nSPS) is 10.2. The van der Waals surface area contributed by atoms with Gasteiger partial charge in [0.25, 0.3) is 5.91 Å². The largest absolute Gasteiger partial charge is 0.493 e. The van der Waals surface area contributed by atoms with Crippen molar-refractivity contribution in [3.8, 4) is 11.5 Å². The lowest BCUT2D eigenvalue weighted by molar-refractivity contribution is -0.114. The van der Waals surface area contributed by atoms with Crippen LogP contribution in [-0.4, -0.2) is 25.5 Å². The predicted molar refractivity (Wildman–Crippen MR) is 102 cm³/mol. The third-order valence-corrected chi connectivity index (χ3v) is 3.72. The first-order chi connectivity index (χ1) is 12.9. The van der Waals surface area contributed by atoms with Gasteiger partial charge in [-0.1, -0.05) is 13.3 Å². The van der Waals surface area contributed by atoms with Crippen LogP contribution in [0.2, 0.25) is 0 Å². The van der Waals surface area contributed by atoms with Crippen molar-refractivity contribution in [2.75, 3.05) is 24.4 Å². The molecule has 2 aromatic rings. The smallest absolute Gasteiger partial charge is 0.255 e. The number of nitrogens with one attached hydrogen (secondary N) is 2. The minimum atomic E-state index is -0.607. The van der Waals surface area contributed by atoms with Crippen LogP contribution in [0.4, 0.5) is 15.8 Å². The summed E-state index contributed by atoms with van der Waals surface area (Å²) in [5.74, 6) is -0.439. The van der Waals surface area contributed by atoms with E-state index in [9.17, 15) is 14.0 Å². The van der Waals surface area contributed by atoms with Gasteiger partial charge < -0.3 is 20.1 Å². The van der Waals surface area contributed by atoms with Crippen LogP contribution in [-0.2, 0) is 4.79 Å². The van der Waals surface area contributed by atoms with Crippen molar-refractivity contribution >= 4 is 23.2 Å². The number of hydrogen-bond donors (Lipinski definition) is 2. The van der Waals surface area contributed by atoms with Gasteiger partial charge in [0.1, 0.15) is 5.82 Å². The van der Waals surface area contributed by atoms with Crippen LogP contribution in [0, 0.1) is 5.82 Å². The molecule has 7 heteroatoms. The second kappa shape index (κ2) is 9.56. The lowest BCUT2D eigenvalue weighted by Gasteiger charge is -2.13. The molecule has 0 spiro atoms. The fraction of sp³-hybridized carbons (Fsp3) is 0.300. The number of unbranched alkanes of at least 4 members (excludes halogenated alkanes) is 1. The number of ether oxygens (including phenoxy) is 2. The minimum absolute atomic E-state index is 0.0338. The maximum Gasteiger partial charge on any atom is 0.255 e. The predicted octanol–water partition coefficient (Wildman–Crippen LogP) is 4.22. The van der Waals surface area contributed by atoms with E-state index in [1.165, 1.54) is 38.3 Å². The molecule has 0 bridgehead atoms. The van der Waals surface area contributed by atoms with E-state index in [2.05, 4.69) is 17.6 Å². The van der Waals surface area contributed by atoms with Gasteiger partial charge in [-0.3, -0.25) is 9.59 Å². The summed E-state index contributed by atoms with van der Waals surface area (Å²) in [5.41, 5.74) is 0.643. The van der Waals surface area contributed by atoms with Crippen molar-refractivity contribution in [2.45, 2.75) is 26.7 Å². The van der Waals surface area contributed by atoms with E-state index in [1.54, 1.807) is 12.1 Å². The van der Waals surface area contributed by atoms with E-state index in [0.29, 0.717) is 29.4 Å². The summed E-state index contributed by atoms with van der Waals surface area (Å²) >= 11 is 0. The van der Waals surface area contributed by atoms with Crippen molar-refractivity contribution in [1.82, 2.24) is 0 Å². The van der Waals surface area contributed by atoms with Gasteiger partial charge in [-0.2, -0.15) is 0 Å². The summed E-state index contributed by atoms with van der Waals surface area (Å²) in [7, 11) is 1.49. The van der Waals surface area contributed by atoms with Gasteiger partial charge in [-0.15, -0.1) is 0 Å². The molecule has 0 unspecified atom stereocenters. The molecule has 0 atom stereocenters. The Morgan fingerprint density at radius 1 is 1.07 bits per heavy atom. The zero-order valence-electron chi connectivity index (χ0n) is 15.6. The first-order valence-corrected chi connectivity index (χ1v) is 8.64. The molecule has 0 radical (unpaired) electrons. The SMILES string of the molecule is CCCCOc1ccc(C(=O)Nc2cc(NC(C)=O)ccc2F)cc1OC. The highest BCUT2D eigenvalue weighted by Gasteiger charge is 2.14. The third-order valence-electron chi connectivity index (χ3n) is 3.72. The van der Waals surface area contributed by atoms with Crippen molar-refractivity contribution < 1.29 is 23.5 Å². The molecule has 0 aliphatic carbocycles. The Kier molecular flexibility index (Phi) is 7.16.